The fourth-order valence-electron chi connectivity index (χ4n) is 5.42. The Morgan fingerprint density at radius 3 is 2.45 bits per heavy atom. The van der Waals surface area contributed by atoms with Crippen LogP contribution in [0.25, 0.3) is 32.8 Å². The SMILES string of the molecule is Cc1c2c(cc3ccccc13)[Si](C)(C)c1cc(CC(C)C)cc3cc[n+](C)c-2c13. The molecule has 0 spiro atoms. The Morgan fingerprint density at radius 1 is 0.931 bits per heavy atom. The number of aryl methyl sites for hydroxylation is 2. The fraction of sp³-hybridized carbons (Fsp3) is 0.296. The number of fused-ring (bicyclic) bond motifs is 3. The molecule has 0 bridgehead atoms. The van der Waals surface area contributed by atoms with Crippen LogP contribution >= 0.6 is 0 Å². The van der Waals surface area contributed by atoms with Gasteiger partial charge in [-0.25, -0.2) is 4.57 Å². The number of hydrogen-bond acceptors (Lipinski definition) is 0. The van der Waals surface area contributed by atoms with Crippen molar-refractivity contribution in [3.8, 4) is 11.3 Å². The summed E-state index contributed by atoms with van der Waals surface area (Å²) in [5.41, 5.74) is 5.80. The largest absolute Gasteiger partial charge is 0.220 e. The number of benzene rings is 3. The van der Waals surface area contributed by atoms with Crippen molar-refractivity contribution in [3.63, 3.8) is 0 Å². The van der Waals surface area contributed by atoms with Gasteiger partial charge in [-0.1, -0.05) is 69.4 Å². The normalized spacial score (nSPS) is 14.6. The first kappa shape index (κ1) is 18.6. The van der Waals surface area contributed by atoms with Crippen molar-refractivity contribution in [2.24, 2.45) is 13.0 Å². The number of hydrogen-bond donors (Lipinski definition) is 0. The predicted octanol–water partition coefficient (Wildman–Crippen LogP) is 5.13. The topological polar surface area (TPSA) is 3.88 Å². The summed E-state index contributed by atoms with van der Waals surface area (Å²) in [5.74, 6) is 0.672. The van der Waals surface area contributed by atoms with Crippen LogP contribution in [0.15, 0.2) is 54.7 Å². The van der Waals surface area contributed by atoms with Crippen LogP contribution in [0.2, 0.25) is 13.1 Å². The van der Waals surface area contributed by atoms with Crippen molar-refractivity contribution in [2.45, 2.75) is 40.3 Å². The van der Waals surface area contributed by atoms with Gasteiger partial charge in [0.05, 0.1) is 10.9 Å². The summed E-state index contributed by atoms with van der Waals surface area (Å²) in [6.07, 6.45) is 3.40. The highest BCUT2D eigenvalue weighted by Gasteiger charge is 2.40. The zero-order chi connectivity index (χ0) is 20.5. The third-order valence-corrected chi connectivity index (χ3v) is 10.3. The summed E-state index contributed by atoms with van der Waals surface area (Å²) in [4.78, 5) is 0. The maximum Gasteiger partial charge on any atom is 0.220 e. The Balaban J connectivity index is 1.97. The minimum atomic E-state index is -1.83. The van der Waals surface area contributed by atoms with E-state index in [1.165, 1.54) is 43.9 Å². The number of nitrogens with zero attached hydrogens (tertiary/aromatic N) is 1. The number of aromatic nitrogens is 1. The smallest absolute Gasteiger partial charge is 0.200 e. The molecule has 146 valence electrons. The highest BCUT2D eigenvalue weighted by Crippen LogP contribution is 2.36. The van der Waals surface area contributed by atoms with Gasteiger partial charge in [0, 0.05) is 6.07 Å². The number of pyridine rings is 1. The second-order valence-corrected chi connectivity index (χ2v) is 14.1. The van der Waals surface area contributed by atoms with Gasteiger partial charge in [-0.2, -0.15) is 0 Å². The van der Waals surface area contributed by atoms with Gasteiger partial charge in [-0.05, 0) is 56.9 Å². The van der Waals surface area contributed by atoms with E-state index in [0.717, 1.165) is 6.42 Å². The summed E-state index contributed by atoms with van der Waals surface area (Å²) in [6, 6.07) is 18.7. The Morgan fingerprint density at radius 2 is 1.69 bits per heavy atom. The van der Waals surface area contributed by atoms with Gasteiger partial charge in [0.2, 0.25) is 5.69 Å². The fourth-order valence-corrected chi connectivity index (χ4v) is 8.59. The highest BCUT2D eigenvalue weighted by atomic mass is 28.3. The first-order valence-electron chi connectivity index (χ1n) is 10.8. The van der Waals surface area contributed by atoms with Gasteiger partial charge in [-0.3, -0.25) is 0 Å². The molecule has 1 aliphatic rings. The van der Waals surface area contributed by atoms with E-state index in [-0.39, 0.29) is 0 Å². The van der Waals surface area contributed by atoms with Gasteiger partial charge in [0.1, 0.15) is 15.1 Å². The second kappa shape index (κ2) is 6.27. The molecule has 0 aliphatic carbocycles. The Bertz CT molecular complexity index is 1300. The number of rotatable bonds is 2. The lowest BCUT2D eigenvalue weighted by molar-refractivity contribution is -0.659. The minimum absolute atomic E-state index is 0.672. The van der Waals surface area contributed by atoms with E-state index in [1.807, 2.05) is 0 Å². The second-order valence-electron chi connectivity index (χ2n) is 9.75. The van der Waals surface area contributed by atoms with E-state index < -0.39 is 8.07 Å². The molecule has 0 saturated carbocycles. The molecule has 5 rings (SSSR count). The summed E-state index contributed by atoms with van der Waals surface area (Å²) < 4.78 is 2.35. The van der Waals surface area contributed by atoms with Gasteiger partial charge in [-0.15, -0.1) is 0 Å². The summed E-state index contributed by atoms with van der Waals surface area (Å²) in [5, 5.41) is 8.86. The van der Waals surface area contributed by atoms with Crippen LogP contribution < -0.4 is 14.9 Å². The molecule has 0 amide bonds. The molecule has 3 aromatic carbocycles. The molecule has 0 radical (unpaired) electrons. The maximum absolute atomic E-state index is 2.55. The van der Waals surface area contributed by atoms with Crippen molar-refractivity contribution in [1.29, 1.82) is 0 Å². The first-order chi connectivity index (χ1) is 13.8. The Kier molecular flexibility index (Phi) is 4.01. The zero-order valence-corrected chi connectivity index (χ0v) is 19.4. The molecule has 2 heteroatoms. The standard InChI is InChI=1S/C27H30NSi/c1-17(2)13-19-14-21-11-12-28(4)27-25-18(3)22-10-8-7-9-20(22)16-24(25)29(5,6)23(15-19)26(21)27/h7-12,14-17H,13H2,1-6H3/q+1. The molecular weight excluding hydrogens is 366 g/mol. The van der Waals surface area contributed by atoms with Crippen LogP contribution in [0, 0.1) is 12.8 Å². The molecule has 2 heterocycles. The van der Waals surface area contributed by atoms with Crippen LogP contribution in [0.4, 0.5) is 0 Å². The van der Waals surface area contributed by atoms with E-state index in [2.05, 4.69) is 100 Å². The highest BCUT2D eigenvalue weighted by molar-refractivity contribution is 7.03. The van der Waals surface area contributed by atoms with Gasteiger partial charge in [0.25, 0.3) is 0 Å². The van der Waals surface area contributed by atoms with Crippen LogP contribution in [-0.4, -0.2) is 8.07 Å². The Labute approximate surface area is 175 Å². The van der Waals surface area contributed by atoms with Gasteiger partial charge >= 0.3 is 0 Å². The van der Waals surface area contributed by atoms with Gasteiger partial charge in [0.15, 0.2) is 6.20 Å². The first-order valence-corrected chi connectivity index (χ1v) is 13.8. The molecule has 0 saturated heterocycles. The predicted molar refractivity (Wildman–Crippen MR) is 128 cm³/mol. The average Bonchev–Trinajstić information content (AvgIpc) is 2.67. The third-order valence-electron chi connectivity index (χ3n) is 6.83. The summed E-state index contributed by atoms with van der Waals surface area (Å²) >= 11 is 0. The van der Waals surface area contributed by atoms with Crippen LogP contribution in [0.5, 0.6) is 0 Å². The van der Waals surface area contributed by atoms with Crippen LogP contribution in [0.1, 0.15) is 25.0 Å². The molecule has 1 aliphatic heterocycles. The molecule has 1 aromatic heterocycles. The average molecular weight is 397 g/mol. The minimum Gasteiger partial charge on any atom is -0.200 e. The quantitative estimate of drug-likeness (QED) is 0.327. The van der Waals surface area contributed by atoms with Crippen molar-refractivity contribution < 1.29 is 4.57 Å². The van der Waals surface area contributed by atoms with Crippen molar-refractivity contribution in [3.05, 3.63) is 65.9 Å². The van der Waals surface area contributed by atoms with Crippen molar-refractivity contribution in [2.75, 3.05) is 0 Å². The maximum atomic E-state index is 2.55. The van der Waals surface area contributed by atoms with Crippen molar-refractivity contribution >= 4 is 40.0 Å². The summed E-state index contributed by atoms with van der Waals surface area (Å²) in [6.45, 7) is 12.1. The van der Waals surface area contributed by atoms with E-state index >= 15 is 0 Å². The van der Waals surface area contributed by atoms with Gasteiger partial charge < -0.3 is 0 Å². The zero-order valence-electron chi connectivity index (χ0n) is 18.4. The Hall–Kier alpha value is -2.45. The molecule has 0 atom stereocenters. The lowest BCUT2D eigenvalue weighted by Crippen LogP contribution is -2.58. The molecule has 0 unspecified atom stereocenters. The lowest BCUT2D eigenvalue weighted by Gasteiger charge is -2.33. The molecular formula is C27H30NSi+. The molecule has 1 nitrogen and oxygen atoms in total. The van der Waals surface area contributed by atoms with E-state index in [4.69, 9.17) is 0 Å². The van der Waals surface area contributed by atoms with E-state index in [9.17, 15) is 0 Å². The lowest BCUT2D eigenvalue weighted by atomic mass is 9.93. The van der Waals surface area contributed by atoms with Crippen LogP contribution in [-0.2, 0) is 13.5 Å². The molecule has 4 aromatic rings. The molecule has 0 fully saturated rings. The van der Waals surface area contributed by atoms with E-state index in [0.29, 0.717) is 5.92 Å². The van der Waals surface area contributed by atoms with Crippen molar-refractivity contribution in [1.82, 2.24) is 0 Å². The third kappa shape index (κ3) is 2.62. The van der Waals surface area contributed by atoms with E-state index in [1.54, 1.807) is 10.4 Å². The molecule has 0 N–H and O–H groups in total. The van der Waals surface area contributed by atoms with Crippen LogP contribution in [0.3, 0.4) is 0 Å². The molecule has 29 heavy (non-hydrogen) atoms. The summed E-state index contributed by atoms with van der Waals surface area (Å²) in [7, 11) is 0.378. The monoisotopic (exact) mass is 396 g/mol.